The molecule has 0 radical (unpaired) electrons. The number of hydrogen-bond acceptors (Lipinski definition) is 2. The first-order chi connectivity index (χ1) is 7.39. The molecule has 16 heavy (non-hydrogen) atoms. The molecule has 1 unspecified atom stereocenters. The second kappa shape index (κ2) is 3.88. The van der Waals surface area contributed by atoms with Crippen LogP contribution >= 0.6 is 0 Å². The van der Waals surface area contributed by atoms with Gasteiger partial charge in [0.2, 0.25) is 0 Å². The van der Waals surface area contributed by atoms with Crippen LogP contribution in [0.15, 0.2) is 6.07 Å². The fourth-order valence-electron chi connectivity index (χ4n) is 2.17. The van der Waals surface area contributed by atoms with Crippen molar-refractivity contribution < 1.29 is 0 Å². The predicted molar refractivity (Wildman–Crippen MR) is 66.4 cm³/mol. The Kier molecular flexibility index (Phi) is 2.82. The molecule has 1 aromatic heterocycles. The molecule has 0 aromatic carbocycles. The minimum Gasteiger partial charge on any atom is -0.323 e. The second-order valence-electron chi connectivity index (χ2n) is 5.99. The van der Waals surface area contributed by atoms with Crippen molar-refractivity contribution in [3.8, 4) is 0 Å². The van der Waals surface area contributed by atoms with Gasteiger partial charge in [-0.1, -0.05) is 6.42 Å². The predicted octanol–water partition coefficient (Wildman–Crippen LogP) is 2.93. The first kappa shape index (κ1) is 11.6. The van der Waals surface area contributed by atoms with E-state index >= 15 is 0 Å². The molecule has 1 heterocycles. The summed E-state index contributed by atoms with van der Waals surface area (Å²) in [6.45, 7) is 8.60. The molecule has 2 N–H and O–H groups in total. The summed E-state index contributed by atoms with van der Waals surface area (Å²) >= 11 is 0. The molecule has 0 aliphatic heterocycles. The standard InChI is InChI=1S/C13H23N3/c1-9(14)11-8-12(10-6-5-7-10)16(15-11)13(2,3)4/h8-10H,5-7,14H2,1-4H3. The van der Waals surface area contributed by atoms with Gasteiger partial charge in [0.05, 0.1) is 11.2 Å². The Labute approximate surface area is 98.0 Å². The van der Waals surface area contributed by atoms with Crippen LogP contribution in [0.25, 0.3) is 0 Å². The average Bonchev–Trinajstić information content (AvgIpc) is 2.44. The highest BCUT2D eigenvalue weighted by atomic mass is 15.3. The molecular formula is C13H23N3. The average molecular weight is 221 g/mol. The quantitative estimate of drug-likeness (QED) is 0.834. The molecule has 3 nitrogen and oxygen atoms in total. The third-order valence-corrected chi connectivity index (χ3v) is 3.38. The van der Waals surface area contributed by atoms with E-state index in [2.05, 4.69) is 36.6 Å². The van der Waals surface area contributed by atoms with Crippen molar-refractivity contribution in [2.75, 3.05) is 0 Å². The molecule has 0 amide bonds. The lowest BCUT2D eigenvalue weighted by atomic mass is 9.82. The highest BCUT2D eigenvalue weighted by Gasteiger charge is 2.28. The molecule has 0 spiro atoms. The molecular weight excluding hydrogens is 198 g/mol. The van der Waals surface area contributed by atoms with Crippen LogP contribution in [-0.4, -0.2) is 9.78 Å². The van der Waals surface area contributed by atoms with Crippen molar-refractivity contribution in [1.82, 2.24) is 9.78 Å². The van der Waals surface area contributed by atoms with E-state index in [1.54, 1.807) is 0 Å². The molecule has 1 saturated carbocycles. The Bertz CT molecular complexity index is 367. The minimum absolute atomic E-state index is 0.0300. The molecule has 2 rings (SSSR count). The molecule has 1 atom stereocenters. The normalized spacial score (nSPS) is 19.6. The topological polar surface area (TPSA) is 43.8 Å². The molecule has 1 aliphatic rings. The van der Waals surface area contributed by atoms with Crippen molar-refractivity contribution in [3.05, 3.63) is 17.5 Å². The van der Waals surface area contributed by atoms with E-state index < -0.39 is 0 Å². The summed E-state index contributed by atoms with van der Waals surface area (Å²) in [6.07, 6.45) is 3.97. The van der Waals surface area contributed by atoms with Gasteiger partial charge in [-0.25, -0.2) is 0 Å². The van der Waals surface area contributed by atoms with Crippen molar-refractivity contribution in [3.63, 3.8) is 0 Å². The van der Waals surface area contributed by atoms with Gasteiger partial charge in [-0.3, -0.25) is 4.68 Å². The number of nitrogens with two attached hydrogens (primary N) is 1. The smallest absolute Gasteiger partial charge is 0.0792 e. The van der Waals surface area contributed by atoms with Gasteiger partial charge in [0.1, 0.15) is 0 Å². The molecule has 3 heteroatoms. The fraction of sp³-hybridized carbons (Fsp3) is 0.769. The Morgan fingerprint density at radius 2 is 2.06 bits per heavy atom. The van der Waals surface area contributed by atoms with Crippen LogP contribution in [0.3, 0.4) is 0 Å². The van der Waals surface area contributed by atoms with E-state index in [9.17, 15) is 0 Å². The first-order valence-corrected chi connectivity index (χ1v) is 6.25. The van der Waals surface area contributed by atoms with Crippen LogP contribution in [0.5, 0.6) is 0 Å². The summed E-state index contributed by atoms with van der Waals surface area (Å²) in [6, 6.07) is 2.24. The third-order valence-electron chi connectivity index (χ3n) is 3.38. The van der Waals surface area contributed by atoms with Crippen LogP contribution in [0.1, 0.15) is 70.3 Å². The summed E-state index contributed by atoms with van der Waals surface area (Å²) < 4.78 is 2.18. The van der Waals surface area contributed by atoms with Gasteiger partial charge in [-0.05, 0) is 46.6 Å². The second-order valence-corrected chi connectivity index (χ2v) is 5.99. The van der Waals surface area contributed by atoms with Crippen LogP contribution in [0.2, 0.25) is 0 Å². The van der Waals surface area contributed by atoms with Gasteiger partial charge in [0.15, 0.2) is 0 Å². The van der Waals surface area contributed by atoms with Crippen LogP contribution in [0, 0.1) is 0 Å². The van der Waals surface area contributed by atoms with Crippen LogP contribution in [-0.2, 0) is 5.54 Å². The highest BCUT2D eigenvalue weighted by Crippen LogP contribution is 2.38. The maximum absolute atomic E-state index is 5.92. The zero-order chi connectivity index (χ0) is 11.9. The first-order valence-electron chi connectivity index (χ1n) is 6.25. The zero-order valence-electron chi connectivity index (χ0n) is 10.8. The Morgan fingerprint density at radius 1 is 1.44 bits per heavy atom. The molecule has 1 aromatic rings. The fourth-order valence-corrected chi connectivity index (χ4v) is 2.17. The molecule has 1 aliphatic carbocycles. The van der Waals surface area contributed by atoms with Crippen LogP contribution < -0.4 is 5.73 Å². The summed E-state index contributed by atoms with van der Waals surface area (Å²) in [7, 11) is 0. The van der Waals surface area contributed by atoms with E-state index in [0.717, 1.165) is 5.69 Å². The summed E-state index contributed by atoms with van der Waals surface area (Å²) in [5.74, 6) is 0.708. The van der Waals surface area contributed by atoms with E-state index in [1.807, 2.05) is 6.92 Å². The Hall–Kier alpha value is -0.830. The van der Waals surface area contributed by atoms with Crippen molar-refractivity contribution in [1.29, 1.82) is 0 Å². The lowest BCUT2D eigenvalue weighted by Gasteiger charge is -2.30. The lowest BCUT2D eigenvalue weighted by molar-refractivity contribution is 0.305. The number of rotatable bonds is 2. The van der Waals surface area contributed by atoms with Gasteiger partial charge in [-0.2, -0.15) is 5.10 Å². The molecule has 1 fully saturated rings. The SMILES string of the molecule is CC(N)c1cc(C2CCC2)n(C(C)(C)C)n1. The van der Waals surface area contributed by atoms with Gasteiger partial charge in [0, 0.05) is 17.7 Å². The molecule has 90 valence electrons. The van der Waals surface area contributed by atoms with Gasteiger partial charge in [-0.15, -0.1) is 0 Å². The molecule has 0 bridgehead atoms. The number of aromatic nitrogens is 2. The summed E-state index contributed by atoms with van der Waals surface area (Å²) in [5.41, 5.74) is 8.38. The number of hydrogen-bond donors (Lipinski definition) is 1. The summed E-state index contributed by atoms with van der Waals surface area (Å²) in [4.78, 5) is 0. The van der Waals surface area contributed by atoms with Crippen molar-refractivity contribution >= 4 is 0 Å². The highest BCUT2D eigenvalue weighted by molar-refractivity contribution is 5.20. The van der Waals surface area contributed by atoms with E-state index in [0.29, 0.717) is 5.92 Å². The summed E-state index contributed by atoms with van der Waals surface area (Å²) in [5, 5.41) is 4.68. The van der Waals surface area contributed by atoms with E-state index in [4.69, 9.17) is 5.73 Å². The largest absolute Gasteiger partial charge is 0.323 e. The van der Waals surface area contributed by atoms with Gasteiger partial charge < -0.3 is 5.73 Å². The number of nitrogens with zero attached hydrogens (tertiary/aromatic N) is 2. The van der Waals surface area contributed by atoms with Crippen molar-refractivity contribution in [2.45, 2.75) is 64.5 Å². The van der Waals surface area contributed by atoms with Gasteiger partial charge in [0.25, 0.3) is 0 Å². The molecule has 0 saturated heterocycles. The lowest BCUT2D eigenvalue weighted by Crippen LogP contribution is -2.28. The van der Waals surface area contributed by atoms with Crippen LogP contribution in [0.4, 0.5) is 0 Å². The van der Waals surface area contributed by atoms with E-state index in [1.165, 1.54) is 25.0 Å². The zero-order valence-corrected chi connectivity index (χ0v) is 10.8. The van der Waals surface area contributed by atoms with Crippen molar-refractivity contribution in [2.24, 2.45) is 5.73 Å². The minimum atomic E-state index is 0.0300. The maximum atomic E-state index is 5.92. The Balaban J connectivity index is 2.39. The third kappa shape index (κ3) is 2.01. The van der Waals surface area contributed by atoms with Gasteiger partial charge >= 0.3 is 0 Å². The monoisotopic (exact) mass is 221 g/mol. The van der Waals surface area contributed by atoms with E-state index in [-0.39, 0.29) is 11.6 Å². The maximum Gasteiger partial charge on any atom is 0.0792 e. The Morgan fingerprint density at radius 3 is 2.44 bits per heavy atom.